The minimum atomic E-state index is -4.41. The second-order valence-corrected chi connectivity index (χ2v) is 7.56. The Balaban J connectivity index is 1.89. The molecule has 1 heterocycles. The summed E-state index contributed by atoms with van der Waals surface area (Å²) >= 11 is 0. The van der Waals surface area contributed by atoms with E-state index in [1.165, 1.54) is 13.0 Å². The number of aryl methyl sites for hydroxylation is 1. The molecule has 0 atom stereocenters. The molecular weight excluding hydrogens is 403 g/mol. The van der Waals surface area contributed by atoms with Gasteiger partial charge in [0.25, 0.3) is 0 Å². The minimum absolute atomic E-state index is 0.175. The van der Waals surface area contributed by atoms with Crippen LogP contribution in [0.15, 0.2) is 54.6 Å². The highest BCUT2D eigenvalue weighted by molar-refractivity contribution is 5.67. The third kappa shape index (κ3) is 6.42. The summed E-state index contributed by atoms with van der Waals surface area (Å²) in [6, 6.07) is 15.5. The molecule has 0 aliphatic carbocycles. The SMILES string of the molecule is Cc1ccc(Nc2cc(-c3ccccc3)nc(NCCCN(C)C)n2)cc1C(F)(F)F. The zero-order valence-corrected chi connectivity index (χ0v) is 17.8. The Hall–Kier alpha value is -3.13. The highest BCUT2D eigenvalue weighted by Gasteiger charge is 2.32. The third-order valence-corrected chi connectivity index (χ3v) is 4.68. The van der Waals surface area contributed by atoms with Crippen molar-refractivity contribution in [1.29, 1.82) is 0 Å². The van der Waals surface area contributed by atoms with Gasteiger partial charge in [0.05, 0.1) is 11.3 Å². The summed E-state index contributed by atoms with van der Waals surface area (Å²) in [6.07, 6.45) is -3.51. The Labute approximate surface area is 180 Å². The van der Waals surface area contributed by atoms with Gasteiger partial charge in [0.1, 0.15) is 5.82 Å². The second-order valence-electron chi connectivity index (χ2n) is 7.56. The van der Waals surface area contributed by atoms with Gasteiger partial charge in [-0.3, -0.25) is 0 Å². The van der Waals surface area contributed by atoms with Crippen LogP contribution in [0.25, 0.3) is 11.3 Å². The fourth-order valence-corrected chi connectivity index (χ4v) is 3.10. The van der Waals surface area contributed by atoms with Crippen molar-refractivity contribution in [3.63, 3.8) is 0 Å². The van der Waals surface area contributed by atoms with Crippen LogP contribution in [-0.2, 0) is 6.18 Å². The lowest BCUT2D eigenvalue weighted by Crippen LogP contribution is -2.17. The van der Waals surface area contributed by atoms with E-state index in [0.717, 1.165) is 24.6 Å². The molecular formula is C23H26F3N5. The molecule has 8 heteroatoms. The Morgan fingerprint density at radius 1 is 0.968 bits per heavy atom. The maximum absolute atomic E-state index is 13.3. The first kappa shape index (κ1) is 22.6. The molecule has 0 radical (unpaired) electrons. The predicted molar refractivity (Wildman–Crippen MR) is 119 cm³/mol. The van der Waals surface area contributed by atoms with Gasteiger partial charge in [-0.05, 0) is 51.7 Å². The Morgan fingerprint density at radius 3 is 2.39 bits per heavy atom. The van der Waals surface area contributed by atoms with Gasteiger partial charge in [-0.2, -0.15) is 18.2 Å². The highest BCUT2D eigenvalue weighted by atomic mass is 19.4. The molecule has 3 aromatic rings. The fourth-order valence-electron chi connectivity index (χ4n) is 3.10. The van der Waals surface area contributed by atoms with E-state index in [1.54, 1.807) is 12.1 Å². The zero-order valence-electron chi connectivity index (χ0n) is 17.8. The smallest absolute Gasteiger partial charge is 0.354 e. The lowest BCUT2D eigenvalue weighted by molar-refractivity contribution is -0.138. The number of hydrogen-bond acceptors (Lipinski definition) is 5. The van der Waals surface area contributed by atoms with Crippen molar-refractivity contribution in [3.8, 4) is 11.3 Å². The summed E-state index contributed by atoms with van der Waals surface area (Å²) in [5.74, 6) is 0.840. The van der Waals surface area contributed by atoms with Crippen molar-refractivity contribution < 1.29 is 13.2 Å². The van der Waals surface area contributed by atoms with Gasteiger partial charge in [-0.25, -0.2) is 4.98 Å². The van der Waals surface area contributed by atoms with Gasteiger partial charge >= 0.3 is 6.18 Å². The number of benzene rings is 2. The molecule has 0 unspecified atom stereocenters. The number of aromatic nitrogens is 2. The van der Waals surface area contributed by atoms with Crippen molar-refractivity contribution in [1.82, 2.24) is 14.9 Å². The van der Waals surface area contributed by atoms with Crippen LogP contribution in [0.5, 0.6) is 0 Å². The maximum atomic E-state index is 13.3. The lowest BCUT2D eigenvalue weighted by Gasteiger charge is -2.15. The van der Waals surface area contributed by atoms with Crippen LogP contribution in [0.2, 0.25) is 0 Å². The van der Waals surface area contributed by atoms with Crippen LogP contribution < -0.4 is 10.6 Å². The molecule has 0 saturated heterocycles. The van der Waals surface area contributed by atoms with Crippen molar-refractivity contribution in [2.75, 3.05) is 37.8 Å². The van der Waals surface area contributed by atoms with Gasteiger partial charge in [0, 0.05) is 23.9 Å². The van der Waals surface area contributed by atoms with Crippen LogP contribution in [0.1, 0.15) is 17.5 Å². The standard InChI is InChI=1S/C23H26F3N5/c1-16-10-11-18(14-19(16)23(24,25)26)28-21-15-20(17-8-5-4-6-9-17)29-22(30-21)27-12-7-13-31(2)3/h4-6,8-11,14-15H,7,12-13H2,1-3H3,(H2,27,28,29,30). The monoisotopic (exact) mass is 429 g/mol. The van der Waals surface area contributed by atoms with E-state index < -0.39 is 11.7 Å². The van der Waals surface area contributed by atoms with Crippen LogP contribution >= 0.6 is 0 Å². The molecule has 164 valence electrons. The van der Waals surface area contributed by atoms with Crippen LogP contribution in [-0.4, -0.2) is 42.1 Å². The normalized spacial score (nSPS) is 11.6. The molecule has 0 spiro atoms. The van der Waals surface area contributed by atoms with Crippen LogP contribution in [0.4, 0.5) is 30.6 Å². The molecule has 0 aliphatic heterocycles. The van der Waals surface area contributed by atoms with E-state index in [1.807, 2.05) is 44.4 Å². The number of halogens is 3. The largest absolute Gasteiger partial charge is 0.416 e. The summed E-state index contributed by atoms with van der Waals surface area (Å²) in [4.78, 5) is 11.1. The first-order chi connectivity index (χ1) is 14.7. The first-order valence-electron chi connectivity index (χ1n) is 10.0. The molecule has 2 aromatic carbocycles. The number of anilines is 3. The van der Waals surface area contributed by atoms with E-state index in [0.29, 0.717) is 29.7 Å². The van der Waals surface area contributed by atoms with E-state index in [-0.39, 0.29) is 5.56 Å². The number of rotatable bonds is 8. The Morgan fingerprint density at radius 2 is 1.71 bits per heavy atom. The molecule has 0 aliphatic rings. The predicted octanol–water partition coefficient (Wildman–Crippen LogP) is 5.58. The molecule has 0 fully saturated rings. The number of nitrogens with one attached hydrogen (secondary N) is 2. The topological polar surface area (TPSA) is 53.1 Å². The quantitative estimate of drug-likeness (QED) is 0.458. The maximum Gasteiger partial charge on any atom is 0.416 e. The summed E-state index contributed by atoms with van der Waals surface area (Å²) in [5.41, 5.74) is 1.39. The summed E-state index contributed by atoms with van der Waals surface area (Å²) in [7, 11) is 4.01. The number of alkyl halides is 3. The highest BCUT2D eigenvalue weighted by Crippen LogP contribution is 2.34. The van der Waals surface area contributed by atoms with Crippen molar-refractivity contribution in [2.45, 2.75) is 19.5 Å². The van der Waals surface area contributed by atoms with Crippen molar-refractivity contribution >= 4 is 17.5 Å². The third-order valence-electron chi connectivity index (χ3n) is 4.68. The molecule has 31 heavy (non-hydrogen) atoms. The number of hydrogen-bond donors (Lipinski definition) is 2. The molecule has 1 aromatic heterocycles. The van der Waals surface area contributed by atoms with Crippen molar-refractivity contribution in [2.24, 2.45) is 0 Å². The van der Waals surface area contributed by atoms with Gasteiger partial charge in [0.2, 0.25) is 5.95 Å². The number of nitrogens with zero attached hydrogens (tertiary/aromatic N) is 3. The molecule has 0 bridgehead atoms. The molecule has 0 amide bonds. The van der Waals surface area contributed by atoms with Gasteiger partial charge < -0.3 is 15.5 Å². The molecule has 0 saturated carbocycles. The molecule has 5 nitrogen and oxygen atoms in total. The van der Waals surface area contributed by atoms with Crippen LogP contribution in [0, 0.1) is 6.92 Å². The Bertz CT molecular complexity index is 1000. The second kappa shape index (κ2) is 9.78. The van der Waals surface area contributed by atoms with E-state index >= 15 is 0 Å². The zero-order chi connectivity index (χ0) is 22.4. The van der Waals surface area contributed by atoms with Gasteiger partial charge in [0.15, 0.2) is 0 Å². The summed E-state index contributed by atoms with van der Waals surface area (Å²) in [6.45, 7) is 3.04. The van der Waals surface area contributed by atoms with Crippen LogP contribution in [0.3, 0.4) is 0 Å². The lowest BCUT2D eigenvalue weighted by atomic mass is 10.1. The fraction of sp³-hybridized carbons (Fsp3) is 0.304. The molecule has 2 N–H and O–H groups in total. The molecule has 3 rings (SSSR count). The van der Waals surface area contributed by atoms with E-state index in [9.17, 15) is 13.2 Å². The minimum Gasteiger partial charge on any atom is -0.354 e. The van der Waals surface area contributed by atoms with Gasteiger partial charge in [-0.1, -0.05) is 36.4 Å². The van der Waals surface area contributed by atoms with Gasteiger partial charge in [-0.15, -0.1) is 0 Å². The van der Waals surface area contributed by atoms with Crippen molar-refractivity contribution in [3.05, 3.63) is 65.7 Å². The van der Waals surface area contributed by atoms with E-state index in [2.05, 4.69) is 25.5 Å². The summed E-state index contributed by atoms with van der Waals surface area (Å²) in [5, 5.41) is 6.22. The average Bonchev–Trinajstić information content (AvgIpc) is 2.72. The average molecular weight is 429 g/mol. The Kier molecular flexibility index (Phi) is 7.12. The first-order valence-corrected chi connectivity index (χ1v) is 10.0. The van der Waals surface area contributed by atoms with E-state index in [4.69, 9.17) is 0 Å². The summed E-state index contributed by atoms with van der Waals surface area (Å²) < 4.78 is 39.8.